The van der Waals surface area contributed by atoms with Crippen LogP contribution in [0.4, 0.5) is 4.39 Å². The Balaban J connectivity index is 2.47. The third kappa shape index (κ3) is 5.55. The first-order valence-corrected chi connectivity index (χ1v) is 9.63. The van der Waals surface area contributed by atoms with Crippen LogP contribution in [0.2, 0.25) is 10.0 Å². The Hall–Kier alpha value is -1.39. The van der Waals surface area contributed by atoms with Crippen LogP contribution in [0.25, 0.3) is 6.08 Å². The van der Waals surface area contributed by atoms with E-state index >= 15 is 0 Å². The van der Waals surface area contributed by atoms with Crippen molar-refractivity contribution in [1.29, 1.82) is 0 Å². The molecule has 0 aliphatic carbocycles. The lowest BCUT2D eigenvalue weighted by Crippen LogP contribution is -2.44. The Bertz CT molecular complexity index is 784. The molecule has 0 heterocycles. The lowest BCUT2D eigenvalue weighted by atomic mass is 9.77. The fraction of sp³-hybridized carbons (Fsp3) is 0.364. The monoisotopic (exact) mass is 409 g/mol. The van der Waals surface area contributed by atoms with Gasteiger partial charge < -0.3 is 10.0 Å². The third-order valence-electron chi connectivity index (χ3n) is 4.90. The van der Waals surface area contributed by atoms with E-state index in [0.29, 0.717) is 22.2 Å². The topological polar surface area (TPSA) is 23.5 Å². The van der Waals surface area contributed by atoms with Crippen LogP contribution in [-0.4, -0.2) is 36.2 Å². The Labute approximate surface area is 171 Å². The minimum atomic E-state index is -1.25. The van der Waals surface area contributed by atoms with Crippen LogP contribution in [0.1, 0.15) is 25.0 Å². The van der Waals surface area contributed by atoms with E-state index in [2.05, 4.69) is 0 Å². The van der Waals surface area contributed by atoms with Gasteiger partial charge in [-0.15, -0.1) is 0 Å². The summed E-state index contributed by atoms with van der Waals surface area (Å²) in [7, 11) is 3.90. The second-order valence-corrected chi connectivity index (χ2v) is 8.19. The van der Waals surface area contributed by atoms with E-state index in [-0.39, 0.29) is 12.3 Å². The molecule has 0 aromatic heterocycles. The van der Waals surface area contributed by atoms with Gasteiger partial charge in [0, 0.05) is 34.5 Å². The molecule has 2 nitrogen and oxygen atoms in total. The maximum absolute atomic E-state index is 14.4. The van der Waals surface area contributed by atoms with Gasteiger partial charge in [0.05, 0.1) is 5.60 Å². The molecule has 0 saturated heterocycles. The van der Waals surface area contributed by atoms with Crippen molar-refractivity contribution in [2.24, 2.45) is 5.92 Å². The Morgan fingerprint density at radius 2 is 1.81 bits per heavy atom. The molecule has 2 aromatic carbocycles. The molecule has 2 rings (SSSR count). The van der Waals surface area contributed by atoms with Crippen LogP contribution in [0, 0.1) is 11.7 Å². The summed E-state index contributed by atoms with van der Waals surface area (Å²) in [5, 5.41) is 12.6. The first-order chi connectivity index (χ1) is 12.6. The number of aliphatic hydroxyl groups is 1. The van der Waals surface area contributed by atoms with Gasteiger partial charge in [0.15, 0.2) is 0 Å². The highest BCUT2D eigenvalue weighted by atomic mass is 35.5. The van der Waals surface area contributed by atoms with Crippen LogP contribution in [0.5, 0.6) is 0 Å². The average molecular weight is 410 g/mol. The molecule has 1 N–H and O–H groups in total. The molecule has 2 atom stereocenters. The SMILES string of the molecule is C/C(=C\c1ccc(Cl)cc1)C(O)(Cc1c(F)cccc1Cl)C(C)CN(C)C. The van der Waals surface area contributed by atoms with Crippen molar-refractivity contribution in [1.82, 2.24) is 4.90 Å². The van der Waals surface area contributed by atoms with E-state index in [1.54, 1.807) is 24.3 Å². The molecular formula is C22H26Cl2FNO. The van der Waals surface area contributed by atoms with Gasteiger partial charge in [0.2, 0.25) is 0 Å². The zero-order valence-corrected chi connectivity index (χ0v) is 17.7. The second-order valence-electron chi connectivity index (χ2n) is 7.34. The minimum absolute atomic E-state index is 0.101. The van der Waals surface area contributed by atoms with E-state index in [1.807, 2.05) is 51.1 Å². The molecule has 0 bridgehead atoms. The Kier molecular flexibility index (Phi) is 7.47. The molecule has 0 spiro atoms. The summed E-state index contributed by atoms with van der Waals surface area (Å²) in [6.45, 7) is 4.48. The van der Waals surface area contributed by atoms with Crippen LogP contribution >= 0.6 is 23.2 Å². The maximum atomic E-state index is 14.4. The van der Waals surface area contributed by atoms with Gasteiger partial charge >= 0.3 is 0 Å². The normalized spacial score (nSPS) is 15.7. The summed E-state index contributed by atoms with van der Waals surface area (Å²) < 4.78 is 14.4. The van der Waals surface area contributed by atoms with Crippen molar-refractivity contribution in [3.63, 3.8) is 0 Å². The molecular weight excluding hydrogens is 384 g/mol. The first-order valence-electron chi connectivity index (χ1n) is 8.88. The van der Waals surface area contributed by atoms with Crippen LogP contribution in [-0.2, 0) is 6.42 Å². The van der Waals surface area contributed by atoms with Gasteiger partial charge in [-0.1, -0.05) is 54.4 Å². The molecule has 27 heavy (non-hydrogen) atoms. The zero-order chi connectivity index (χ0) is 20.2. The van der Waals surface area contributed by atoms with Gasteiger partial charge in [-0.05, 0) is 56.4 Å². The predicted molar refractivity (Wildman–Crippen MR) is 113 cm³/mol. The average Bonchev–Trinajstić information content (AvgIpc) is 2.59. The van der Waals surface area contributed by atoms with Crippen molar-refractivity contribution in [2.75, 3.05) is 20.6 Å². The zero-order valence-electron chi connectivity index (χ0n) is 16.1. The number of halogens is 3. The molecule has 2 aromatic rings. The van der Waals surface area contributed by atoms with Gasteiger partial charge in [0.1, 0.15) is 5.82 Å². The minimum Gasteiger partial charge on any atom is -0.385 e. The molecule has 0 amide bonds. The van der Waals surface area contributed by atoms with Gasteiger partial charge in [-0.2, -0.15) is 0 Å². The van der Waals surface area contributed by atoms with Crippen molar-refractivity contribution < 1.29 is 9.50 Å². The van der Waals surface area contributed by atoms with E-state index in [1.165, 1.54) is 6.07 Å². The highest BCUT2D eigenvalue weighted by Gasteiger charge is 2.37. The van der Waals surface area contributed by atoms with Crippen molar-refractivity contribution in [3.05, 3.63) is 75.0 Å². The first kappa shape index (κ1) is 21.9. The fourth-order valence-electron chi connectivity index (χ4n) is 3.31. The second kappa shape index (κ2) is 9.20. The van der Waals surface area contributed by atoms with Gasteiger partial charge in [-0.25, -0.2) is 4.39 Å². The highest BCUT2D eigenvalue weighted by molar-refractivity contribution is 6.31. The number of nitrogens with zero attached hydrogens (tertiary/aromatic N) is 1. The van der Waals surface area contributed by atoms with Crippen molar-refractivity contribution >= 4 is 29.3 Å². The summed E-state index contributed by atoms with van der Waals surface area (Å²) in [5.41, 5.74) is 0.747. The molecule has 2 unspecified atom stereocenters. The largest absolute Gasteiger partial charge is 0.385 e. The van der Waals surface area contributed by atoms with Crippen LogP contribution in [0.15, 0.2) is 48.0 Å². The molecule has 5 heteroatoms. The van der Waals surface area contributed by atoms with Gasteiger partial charge in [0.25, 0.3) is 0 Å². The number of hydrogen-bond acceptors (Lipinski definition) is 2. The lowest BCUT2D eigenvalue weighted by Gasteiger charge is -2.37. The quantitative estimate of drug-likeness (QED) is 0.632. The molecule has 0 aliphatic rings. The number of benzene rings is 2. The highest BCUT2D eigenvalue weighted by Crippen LogP contribution is 2.35. The number of hydrogen-bond donors (Lipinski definition) is 1. The lowest BCUT2D eigenvalue weighted by molar-refractivity contribution is 0.0143. The molecule has 0 radical (unpaired) electrons. The summed E-state index contributed by atoms with van der Waals surface area (Å²) in [4.78, 5) is 2.01. The van der Waals surface area contributed by atoms with E-state index < -0.39 is 11.4 Å². The van der Waals surface area contributed by atoms with Gasteiger partial charge in [-0.3, -0.25) is 0 Å². The maximum Gasteiger partial charge on any atom is 0.128 e. The Morgan fingerprint density at radius 3 is 2.37 bits per heavy atom. The third-order valence-corrected chi connectivity index (χ3v) is 5.50. The number of rotatable bonds is 7. The standard InChI is InChI=1S/C22H26Cl2FNO/c1-15(12-17-8-10-18(23)11-9-17)22(27,16(2)14-26(3)4)13-19-20(24)6-5-7-21(19)25/h5-12,16,27H,13-14H2,1-4H3/b15-12+. The van der Waals surface area contributed by atoms with Crippen molar-refractivity contribution in [3.8, 4) is 0 Å². The molecule has 0 fully saturated rings. The van der Waals surface area contributed by atoms with Crippen LogP contribution < -0.4 is 0 Å². The van der Waals surface area contributed by atoms with Crippen molar-refractivity contribution in [2.45, 2.75) is 25.9 Å². The van der Waals surface area contributed by atoms with E-state index in [0.717, 1.165) is 11.1 Å². The van der Waals surface area contributed by atoms with Crippen LogP contribution in [0.3, 0.4) is 0 Å². The van der Waals surface area contributed by atoms with E-state index in [4.69, 9.17) is 23.2 Å². The fourth-order valence-corrected chi connectivity index (χ4v) is 3.66. The molecule has 0 aliphatic heterocycles. The smallest absolute Gasteiger partial charge is 0.128 e. The summed E-state index contributed by atoms with van der Waals surface area (Å²) >= 11 is 12.2. The van der Waals surface area contributed by atoms with E-state index in [9.17, 15) is 9.50 Å². The predicted octanol–water partition coefficient (Wildman–Crippen LogP) is 5.71. The summed E-state index contributed by atoms with van der Waals surface area (Å²) in [5.74, 6) is -0.552. The summed E-state index contributed by atoms with van der Waals surface area (Å²) in [6.07, 6.45) is 2.01. The molecule has 0 saturated carbocycles. The Morgan fingerprint density at radius 1 is 1.19 bits per heavy atom. The molecule has 146 valence electrons. The summed E-state index contributed by atoms with van der Waals surface area (Å²) in [6, 6.07) is 12.0.